The maximum atomic E-state index is 13.5. The van der Waals surface area contributed by atoms with Gasteiger partial charge in [-0.15, -0.1) is 0 Å². The van der Waals surface area contributed by atoms with Crippen LogP contribution in [0.15, 0.2) is 36.9 Å². The molecule has 1 aromatic heterocycles. The second-order valence-electron chi connectivity index (χ2n) is 4.02. The minimum Gasteiger partial charge on any atom is -0.306 e. The molecule has 0 radical (unpaired) electrons. The highest BCUT2D eigenvalue weighted by molar-refractivity contribution is 5.22. The zero-order valence-corrected chi connectivity index (χ0v) is 9.90. The van der Waals surface area contributed by atoms with Gasteiger partial charge in [-0.2, -0.15) is 0 Å². The van der Waals surface area contributed by atoms with E-state index in [0.29, 0.717) is 12.1 Å². The van der Waals surface area contributed by atoms with Gasteiger partial charge in [0.15, 0.2) is 0 Å². The molecule has 1 aromatic carbocycles. The highest BCUT2D eigenvalue weighted by atomic mass is 19.1. The minimum atomic E-state index is -0.442. The first kappa shape index (κ1) is 12.6. The predicted octanol–water partition coefficient (Wildman–Crippen LogP) is 2.61. The Hall–Kier alpha value is -1.88. The smallest absolute Gasteiger partial charge is 0.128 e. The molecule has 1 N–H and O–H groups in total. The summed E-state index contributed by atoms with van der Waals surface area (Å²) in [6.07, 6.45) is 4.79. The summed E-state index contributed by atoms with van der Waals surface area (Å²) in [6, 6.07) is 3.15. The van der Waals surface area contributed by atoms with Crippen LogP contribution in [-0.2, 0) is 6.54 Å². The van der Waals surface area contributed by atoms with E-state index in [0.717, 1.165) is 17.7 Å². The highest BCUT2D eigenvalue weighted by Crippen LogP contribution is 2.18. The van der Waals surface area contributed by atoms with Crippen LogP contribution in [0.1, 0.15) is 24.1 Å². The minimum absolute atomic E-state index is 0.291. The van der Waals surface area contributed by atoms with E-state index in [1.807, 2.05) is 0 Å². The molecule has 1 atom stereocenters. The van der Waals surface area contributed by atoms with Crippen LogP contribution >= 0.6 is 0 Å². The number of benzene rings is 1. The summed E-state index contributed by atoms with van der Waals surface area (Å²) in [4.78, 5) is 7.76. The van der Waals surface area contributed by atoms with Crippen LogP contribution in [0.3, 0.4) is 0 Å². The molecule has 0 saturated heterocycles. The zero-order valence-electron chi connectivity index (χ0n) is 9.90. The summed E-state index contributed by atoms with van der Waals surface area (Å²) in [5.74, 6) is -0.858. The molecule has 0 fully saturated rings. The second kappa shape index (κ2) is 5.64. The summed E-state index contributed by atoms with van der Waals surface area (Å²) >= 11 is 0. The molecule has 1 unspecified atom stereocenters. The Balaban J connectivity index is 2.03. The van der Waals surface area contributed by atoms with Crippen LogP contribution in [0.25, 0.3) is 0 Å². The van der Waals surface area contributed by atoms with Crippen molar-refractivity contribution in [3.05, 3.63) is 59.7 Å². The first-order valence-corrected chi connectivity index (χ1v) is 5.59. The molecule has 94 valence electrons. The number of rotatable bonds is 4. The SMILES string of the molecule is CC(NCc1cncnc1)c1cc(F)ccc1F. The van der Waals surface area contributed by atoms with Gasteiger partial charge >= 0.3 is 0 Å². The van der Waals surface area contributed by atoms with Gasteiger partial charge in [-0.3, -0.25) is 0 Å². The number of hydrogen-bond donors (Lipinski definition) is 1. The molecule has 0 bridgehead atoms. The van der Waals surface area contributed by atoms with Crippen LogP contribution in [-0.4, -0.2) is 9.97 Å². The lowest BCUT2D eigenvalue weighted by molar-refractivity contribution is 0.518. The average molecular weight is 249 g/mol. The van der Waals surface area contributed by atoms with Gasteiger partial charge in [0.2, 0.25) is 0 Å². The third kappa shape index (κ3) is 3.07. The van der Waals surface area contributed by atoms with E-state index in [2.05, 4.69) is 15.3 Å². The van der Waals surface area contributed by atoms with Gasteiger partial charge in [-0.1, -0.05) is 0 Å². The van der Waals surface area contributed by atoms with Crippen LogP contribution in [0, 0.1) is 11.6 Å². The van der Waals surface area contributed by atoms with Crippen molar-refractivity contribution in [3.8, 4) is 0 Å². The van der Waals surface area contributed by atoms with Crippen molar-refractivity contribution in [2.24, 2.45) is 0 Å². The zero-order chi connectivity index (χ0) is 13.0. The van der Waals surface area contributed by atoms with E-state index in [4.69, 9.17) is 0 Å². The van der Waals surface area contributed by atoms with E-state index in [1.54, 1.807) is 19.3 Å². The quantitative estimate of drug-likeness (QED) is 0.905. The first-order valence-electron chi connectivity index (χ1n) is 5.59. The third-order valence-corrected chi connectivity index (χ3v) is 2.65. The Bertz CT molecular complexity index is 517. The first-order chi connectivity index (χ1) is 8.66. The number of nitrogens with one attached hydrogen (secondary N) is 1. The lowest BCUT2D eigenvalue weighted by Crippen LogP contribution is -2.19. The number of hydrogen-bond acceptors (Lipinski definition) is 3. The largest absolute Gasteiger partial charge is 0.306 e. The molecule has 18 heavy (non-hydrogen) atoms. The summed E-state index contributed by atoms with van der Waals surface area (Å²) in [7, 11) is 0. The Morgan fingerprint density at radius 1 is 1.22 bits per heavy atom. The molecule has 0 aliphatic rings. The van der Waals surface area contributed by atoms with Gasteiger partial charge in [0.05, 0.1) is 0 Å². The Kier molecular flexibility index (Phi) is 3.94. The lowest BCUT2D eigenvalue weighted by atomic mass is 10.1. The standard InChI is InChI=1S/C13H13F2N3/c1-9(12-4-11(14)2-3-13(12)15)18-7-10-5-16-8-17-6-10/h2-6,8-9,18H,7H2,1H3. The molecule has 0 spiro atoms. The van der Waals surface area contributed by atoms with Crippen LogP contribution in [0.5, 0.6) is 0 Å². The number of nitrogens with zero attached hydrogens (tertiary/aromatic N) is 2. The van der Waals surface area contributed by atoms with Crippen molar-refractivity contribution >= 4 is 0 Å². The average Bonchev–Trinajstić information content (AvgIpc) is 2.40. The monoisotopic (exact) mass is 249 g/mol. The van der Waals surface area contributed by atoms with E-state index >= 15 is 0 Å². The molecule has 2 aromatic rings. The van der Waals surface area contributed by atoms with Gasteiger partial charge in [0, 0.05) is 36.1 Å². The Labute approximate surface area is 104 Å². The number of halogens is 2. The lowest BCUT2D eigenvalue weighted by Gasteiger charge is -2.14. The molecule has 3 nitrogen and oxygen atoms in total. The normalized spacial score (nSPS) is 12.4. The van der Waals surface area contributed by atoms with Gasteiger partial charge in [-0.25, -0.2) is 18.7 Å². The van der Waals surface area contributed by atoms with Gasteiger partial charge in [-0.05, 0) is 25.1 Å². The van der Waals surface area contributed by atoms with Gasteiger partial charge < -0.3 is 5.32 Å². The van der Waals surface area contributed by atoms with Crippen molar-refractivity contribution in [1.29, 1.82) is 0 Å². The fourth-order valence-corrected chi connectivity index (χ4v) is 1.65. The molecule has 0 saturated carbocycles. The number of aromatic nitrogens is 2. The van der Waals surface area contributed by atoms with Crippen LogP contribution < -0.4 is 5.32 Å². The fraction of sp³-hybridized carbons (Fsp3) is 0.231. The van der Waals surface area contributed by atoms with E-state index in [9.17, 15) is 8.78 Å². The maximum Gasteiger partial charge on any atom is 0.128 e. The third-order valence-electron chi connectivity index (χ3n) is 2.65. The molecule has 1 heterocycles. The summed E-state index contributed by atoms with van der Waals surface area (Å²) < 4.78 is 26.6. The molecule has 0 amide bonds. The highest BCUT2D eigenvalue weighted by Gasteiger charge is 2.11. The Morgan fingerprint density at radius 3 is 2.67 bits per heavy atom. The van der Waals surface area contributed by atoms with Crippen LogP contribution in [0.4, 0.5) is 8.78 Å². The summed E-state index contributed by atoms with van der Waals surface area (Å²) in [5.41, 5.74) is 1.20. The molecule has 0 aliphatic heterocycles. The fourth-order valence-electron chi connectivity index (χ4n) is 1.65. The summed E-state index contributed by atoms with van der Waals surface area (Å²) in [6.45, 7) is 2.28. The molecule has 0 aliphatic carbocycles. The van der Waals surface area contributed by atoms with E-state index in [-0.39, 0.29) is 6.04 Å². The van der Waals surface area contributed by atoms with Gasteiger partial charge in [0.1, 0.15) is 18.0 Å². The van der Waals surface area contributed by atoms with Crippen molar-refractivity contribution in [2.75, 3.05) is 0 Å². The topological polar surface area (TPSA) is 37.8 Å². The molecular formula is C13H13F2N3. The van der Waals surface area contributed by atoms with Gasteiger partial charge in [0.25, 0.3) is 0 Å². The predicted molar refractivity (Wildman–Crippen MR) is 63.6 cm³/mol. The molecular weight excluding hydrogens is 236 g/mol. The Morgan fingerprint density at radius 2 is 1.94 bits per heavy atom. The van der Waals surface area contributed by atoms with Crippen LogP contribution in [0.2, 0.25) is 0 Å². The van der Waals surface area contributed by atoms with Crippen molar-refractivity contribution in [2.45, 2.75) is 19.5 Å². The molecule has 5 heteroatoms. The van der Waals surface area contributed by atoms with E-state index in [1.165, 1.54) is 12.4 Å². The van der Waals surface area contributed by atoms with Crippen molar-refractivity contribution in [1.82, 2.24) is 15.3 Å². The maximum absolute atomic E-state index is 13.5. The summed E-state index contributed by atoms with van der Waals surface area (Å²) in [5, 5.41) is 3.10. The van der Waals surface area contributed by atoms with E-state index < -0.39 is 11.6 Å². The second-order valence-corrected chi connectivity index (χ2v) is 4.02. The molecule has 2 rings (SSSR count). The van der Waals surface area contributed by atoms with Crippen molar-refractivity contribution < 1.29 is 8.78 Å². The van der Waals surface area contributed by atoms with Crippen molar-refractivity contribution in [3.63, 3.8) is 0 Å².